The lowest BCUT2D eigenvalue weighted by molar-refractivity contribution is -0.214. The summed E-state index contributed by atoms with van der Waals surface area (Å²) in [4.78, 5) is 35.1. The molecule has 0 bridgehead atoms. The molecular weight excluding hydrogens is 627 g/mol. The largest absolute Gasteiger partial charge is 0.445 e. The number of likely N-dealkylation sites (tertiary alicyclic amines) is 1. The molecule has 242 valence electrons. The molecule has 0 aromatic heterocycles. The summed E-state index contributed by atoms with van der Waals surface area (Å²) in [6.45, 7) is 1.01. The fourth-order valence-electron chi connectivity index (χ4n) is 4.86. The van der Waals surface area contributed by atoms with E-state index in [1.807, 2.05) is 4.72 Å². The molecule has 1 aliphatic heterocycles. The smallest absolute Gasteiger partial charge is 0.410 e. The highest BCUT2D eigenvalue weighted by Crippen LogP contribution is 2.37. The standard InChI is InChI=1S/C30H29F5N2O7S/c1-2-26(38)43-44-29-22(14-20(32)15-24(29)34)21-10-6-9-19(27(21)35)13-25-28(36-45(40,41)17-31)23(33)11-12-37(25)30(39)42-16-18-7-4-3-5-8-18/h3-10,14-15,23,25,28,36H,2,11-13,16-17H2,1H3/t23-,25-,28-/m0/s1. The van der Waals surface area contributed by atoms with E-state index in [4.69, 9.17) is 9.62 Å². The molecule has 0 aliphatic carbocycles. The van der Waals surface area contributed by atoms with Crippen LogP contribution in [0.4, 0.5) is 26.7 Å². The lowest BCUT2D eigenvalue weighted by Crippen LogP contribution is -2.62. The SMILES string of the molecule is CCC(=O)OOc1c(F)cc(F)cc1-c1cccc(C[C@H]2[C@@H](NS(=O)(=O)CF)[C@@H](F)CCN2C(=O)OCc2ccccc2)c1F. The van der Waals surface area contributed by atoms with Crippen molar-refractivity contribution in [3.8, 4) is 16.9 Å². The third-order valence-corrected chi connectivity index (χ3v) is 7.98. The van der Waals surface area contributed by atoms with Crippen LogP contribution < -0.4 is 9.61 Å². The molecule has 0 unspecified atom stereocenters. The number of ether oxygens (including phenoxy) is 1. The molecule has 1 saturated heterocycles. The minimum Gasteiger partial charge on any atom is -0.445 e. The zero-order chi connectivity index (χ0) is 32.7. The molecule has 0 spiro atoms. The summed E-state index contributed by atoms with van der Waals surface area (Å²) in [5.74, 6) is -5.19. The number of benzene rings is 3. The summed E-state index contributed by atoms with van der Waals surface area (Å²) in [6.07, 6.45) is -3.86. The van der Waals surface area contributed by atoms with Crippen molar-refractivity contribution < 1.29 is 54.5 Å². The summed E-state index contributed by atoms with van der Waals surface area (Å²) >= 11 is 0. The molecular formula is C30H29F5N2O7S. The number of rotatable bonds is 11. The lowest BCUT2D eigenvalue weighted by Gasteiger charge is -2.42. The molecule has 1 fully saturated rings. The van der Waals surface area contributed by atoms with Gasteiger partial charge in [-0.05, 0) is 30.0 Å². The molecule has 45 heavy (non-hydrogen) atoms. The molecule has 9 nitrogen and oxygen atoms in total. The lowest BCUT2D eigenvalue weighted by atomic mass is 9.89. The van der Waals surface area contributed by atoms with Gasteiger partial charge in [-0.1, -0.05) is 55.5 Å². The number of piperidine rings is 1. The Kier molecular flexibility index (Phi) is 11.0. The van der Waals surface area contributed by atoms with Gasteiger partial charge in [0.2, 0.25) is 21.8 Å². The molecule has 0 saturated carbocycles. The van der Waals surface area contributed by atoms with E-state index in [0.717, 1.165) is 17.0 Å². The molecule has 15 heteroatoms. The quantitative estimate of drug-likeness (QED) is 0.164. The fourth-order valence-corrected chi connectivity index (χ4v) is 5.65. The van der Waals surface area contributed by atoms with Crippen LogP contribution in [-0.4, -0.2) is 56.2 Å². The highest BCUT2D eigenvalue weighted by Gasteiger charge is 2.43. The van der Waals surface area contributed by atoms with Crippen molar-refractivity contribution in [2.75, 3.05) is 12.6 Å². The molecule has 3 aromatic carbocycles. The van der Waals surface area contributed by atoms with Crippen molar-refractivity contribution in [2.24, 2.45) is 0 Å². The van der Waals surface area contributed by atoms with E-state index in [9.17, 15) is 31.2 Å². The summed E-state index contributed by atoms with van der Waals surface area (Å²) in [5, 5.41) is 0. The molecule has 1 heterocycles. The number of carbonyl (C=O) groups is 2. The normalized spacial score (nSPS) is 18.4. The summed E-state index contributed by atoms with van der Waals surface area (Å²) < 4.78 is 105. The first-order valence-electron chi connectivity index (χ1n) is 13.8. The third kappa shape index (κ3) is 8.28. The second kappa shape index (κ2) is 14.7. The Hall–Kier alpha value is -4.24. The predicted octanol–water partition coefficient (Wildman–Crippen LogP) is 5.52. The van der Waals surface area contributed by atoms with Gasteiger partial charge in [-0.15, -0.1) is 0 Å². The average Bonchev–Trinajstić information content (AvgIpc) is 3.02. The summed E-state index contributed by atoms with van der Waals surface area (Å²) in [5.41, 5.74) is -0.490. The van der Waals surface area contributed by atoms with Crippen LogP contribution in [0, 0.1) is 17.5 Å². The van der Waals surface area contributed by atoms with Gasteiger partial charge in [-0.25, -0.2) is 44.7 Å². The summed E-state index contributed by atoms with van der Waals surface area (Å²) in [7, 11) is -4.64. The van der Waals surface area contributed by atoms with Crippen LogP contribution in [0.1, 0.15) is 30.9 Å². The number of halogens is 5. The second-order valence-electron chi connectivity index (χ2n) is 10.1. The maximum atomic E-state index is 16.1. The first-order valence-corrected chi connectivity index (χ1v) is 15.4. The van der Waals surface area contributed by atoms with Crippen molar-refractivity contribution in [2.45, 2.75) is 51.0 Å². The molecule has 1 N–H and O–H groups in total. The Morgan fingerprint density at radius 1 is 1.02 bits per heavy atom. The van der Waals surface area contributed by atoms with E-state index < -0.39 is 87.1 Å². The van der Waals surface area contributed by atoms with E-state index in [2.05, 4.69) is 4.89 Å². The van der Waals surface area contributed by atoms with Gasteiger partial charge in [0.25, 0.3) is 0 Å². The first kappa shape index (κ1) is 33.6. The van der Waals surface area contributed by atoms with Gasteiger partial charge in [0.1, 0.15) is 24.4 Å². The Morgan fingerprint density at radius 3 is 2.44 bits per heavy atom. The van der Waals surface area contributed by atoms with E-state index in [1.54, 1.807) is 30.3 Å². The number of alkyl halides is 2. The monoisotopic (exact) mass is 656 g/mol. The topological polar surface area (TPSA) is 111 Å². The van der Waals surface area contributed by atoms with Crippen molar-refractivity contribution in [1.29, 1.82) is 0 Å². The van der Waals surface area contributed by atoms with Crippen LogP contribution in [0.5, 0.6) is 5.75 Å². The number of amides is 1. The van der Waals surface area contributed by atoms with Crippen LogP contribution in [-0.2, 0) is 37.5 Å². The number of hydrogen-bond donors (Lipinski definition) is 1. The average molecular weight is 657 g/mol. The zero-order valence-electron chi connectivity index (χ0n) is 23.9. The first-order chi connectivity index (χ1) is 21.4. The van der Waals surface area contributed by atoms with Gasteiger partial charge in [0.15, 0.2) is 5.82 Å². The van der Waals surface area contributed by atoms with Crippen molar-refractivity contribution in [3.63, 3.8) is 0 Å². The molecule has 3 atom stereocenters. The molecule has 3 aromatic rings. The highest BCUT2D eigenvalue weighted by molar-refractivity contribution is 7.89. The number of nitrogens with one attached hydrogen (secondary N) is 1. The van der Waals surface area contributed by atoms with Crippen molar-refractivity contribution in [1.82, 2.24) is 9.62 Å². The van der Waals surface area contributed by atoms with Crippen LogP contribution in [0.15, 0.2) is 60.7 Å². The van der Waals surface area contributed by atoms with Gasteiger partial charge in [-0.2, -0.15) is 0 Å². The van der Waals surface area contributed by atoms with Gasteiger partial charge >= 0.3 is 12.1 Å². The van der Waals surface area contributed by atoms with Crippen LogP contribution in [0.2, 0.25) is 0 Å². The van der Waals surface area contributed by atoms with Crippen molar-refractivity contribution >= 4 is 22.1 Å². The van der Waals surface area contributed by atoms with Gasteiger partial charge in [-0.3, -0.25) is 9.78 Å². The van der Waals surface area contributed by atoms with Gasteiger partial charge in [0, 0.05) is 30.2 Å². The van der Waals surface area contributed by atoms with Crippen LogP contribution in [0.3, 0.4) is 0 Å². The second-order valence-corrected chi connectivity index (χ2v) is 11.8. The Labute approximate surface area is 255 Å². The van der Waals surface area contributed by atoms with Crippen LogP contribution >= 0.6 is 0 Å². The molecule has 0 radical (unpaired) electrons. The molecule has 4 rings (SSSR count). The van der Waals surface area contributed by atoms with E-state index in [1.165, 1.54) is 19.1 Å². The molecule has 1 aliphatic rings. The van der Waals surface area contributed by atoms with Crippen LogP contribution in [0.25, 0.3) is 11.1 Å². The zero-order valence-corrected chi connectivity index (χ0v) is 24.7. The number of nitrogens with zero attached hydrogens (tertiary/aromatic N) is 1. The summed E-state index contributed by atoms with van der Waals surface area (Å²) in [6, 6.07) is 8.42. The minimum absolute atomic E-state index is 0.142. The Bertz CT molecular complexity index is 1630. The predicted molar refractivity (Wildman–Crippen MR) is 151 cm³/mol. The van der Waals surface area contributed by atoms with Gasteiger partial charge < -0.3 is 9.64 Å². The fraction of sp³-hybridized carbons (Fsp3) is 0.333. The van der Waals surface area contributed by atoms with Gasteiger partial charge in [0.05, 0.1) is 12.1 Å². The van der Waals surface area contributed by atoms with E-state index in [0.29, 0.717) is 11.6 Å². The maximum Gasteiger partial charge on any atom is 0.410 e. The number of sulfonamides is 1. The maximum absolute atomic E-state index is 16.1. The van der Waals surface area contributed by atoms with E-state index in [-0.39, 0.29) is 31.6 Å². The highest BCUT2D eigenvalue weighted by atomic mass is 32.2. The van der Waals surface area contributed by atoms with E-state index >= 15 is 8.78 Å². The molecule has 1 amide bonds. The Balaban J connectivity index is 1.72. The number of carbonyl (C=O) groups excluding carboxylic acids is 2. The number of hydrogen-bond acceptors (Lipinski definition) is 7. The van der Waals surface area contributed by atoms with Crippen molar-refractivity contribution in [3.05, 3.63) is 89.2 Å². The third-order valence-electron chi connectivity index (χ3n) is 7.06. The minimum atomic E-state index is -4.64. The Morgan fingerprint density at radius 2 is 1.76 bits per heavy atom.